The molecule has 4 nitrogen and oxygen atoms in total. The minimum atomic E-state index is 0.339. The average molecular weight is 844 g/mol. The molecule has 0 N–H and O–H groups in total. The third-order valence-corrected chi connectivity index (χ3v) is 2.16. The second-order valence-electron chi connectivity index (χ2n) is 3.37. The molecule has 0 atom stereocenters. The summed E-state index contributed by atoms with van der Waals surface area (Å²) in [6, 6.07) is 2.08. The number of hydrogen-bond donors (Lipinski definition) is 0. The van der Waals surface area contributed by atoms with Gasteiger partial charge in [0.25, 0.3) is 0 Å². The van der Waals surface area contributed by atoms with Crippen molar-refractivity contribution in [2.75, 3.05) is 26.4 Å². The van der Waals surface area contributed by atoms with E-state index < -0.39 is 0 Å². The Morgan fingerprint density at radius 2 is 1.60 bits per heavy atom. The second-order valence-corrected chi connectivity index (χ2v) is 19.6. The first-order valence-electron chi connectivity index (χ1n) is 5.52. The Morgan fingerprint density at radius 1 is 1.10 bits per heavy atom. The van der Waals surface area contributed by atoms with Crippen LogP contribution in [0.1, 0.15) is 19.3 Å². The van der Waals surface area contributed by atoms with Crippen molar-refractivity contribution >= 4 is 80.2 Å². The first-order chi connectivity index (χ1) is 9.74. The van der Waals surface area contributed by atoms with E-state index in [1.165, 1.54) is 0 Å². The van der Waals surface area contributed by atoms with Gasteiger partial charge in [-0.25, -0.2) is 0 Å². The van der Waals surface area contributed by atoms with Crippen LogP contribution in [0.3, 0.4) is 0 Å². The zero-order chi connectivity index (χ0) is 15.6. The van der Waals surface area contributed by atoms with Gasteiger partial charge in [0.05, 0.1) is 32.5 Å². The molecule has 0 spiro atoms. The summed E-state index contributed by atoms with van der Waals surface area (Å²) in [6.45, 7) is 2.60. The third-order valence-electron chi connectivity index (χ3n) is 2.16. The van der Waals surface area contributed by atoms with Crippen LogP contribution in [-0.2, 0) is 14.3 Å². The Balaban J connectivity index is 0. The van der Waals surface area contributed by atoms with Crippen LogP contribution in [0.15, 0.2) is 11.6 Å². The van der Waals surface area contributed by atoms with E-state index in [2.05, 4.69) is 80.5 Å². The smallest absolute Gasteiger partial charge is 0.137 e. The van der Waals surface area contributed by atoms with Crippen molar-refractivity contribution in [1.29, 1.82) is 5.26 Å². The molecule has 0 unspecified atom stereocenters. The van der Waals surface area contributed by atoms with Crippen LogP contribution < -0.4 is 13.3 Å². The molecule has 1 fully saturated rings. The van der Waals surface area contributed by atoms with E-state index in [9.17, 15) is 4.79 Å². The molecule has 118 valence electrons. The number of halogens is 5. The fourth-order valence-corrected chi connectivity index (χ4v) is 1.23. The molecule has 2 aliphatic rings. The van der Waals surface area contributed by atoms with Gasteiger partial charge >= 0.3 is 50.5 Å². The molecule has 0 saturated carbocycles. The Bertz CT molecular complexity index is 299. The van der Waals surface area contributed by atoms with Crippen LogP contribution in [0.5, 0.6) is 0 Å². The summed E-state index contributed by atoms with van der Waals surface area (Å²) in [4.78, 5) is 10.4. The summed E-state index contributed by atoms with van der Waals surface area (Å²) < 4.78 is 9.89. The van der Waals surface area contributed by atoms with Crippen molar-refractivity contribution in [3.05, 3.63) is 11.6 Å². The van der Waals surface area contributed by atoms with Gasteiger partial charge in [-0.3, -0.25) is 4.79 Å². The van der Waals surface area contributed by atoms with E-state index in [0.29, 0.717) is 58.3 Å². The molecular formula is C11H15I5NO3-. The number of hydrogen-bond acceptors (Lipinski definition) is 4. The molecule has 0 aromatic carbocycles. The third kappa shape index (κ3) is 18.5. The molecule has 0 radical (unpaired) electrons. The van der Waals surface area contributed by atoms with Crippen molar-refractivity contribution in [2.24, 2.45) is 0 Å². The number of ether oxygens (including phenoxy) is 2. The van der Waals surface area contributed by atoms with E-state index >= 15 is 0 Å². The Kier molecular flexibility index (Phi) is 26.5. The zero-order valence-corrected chi connectivity index (χ0v) is 21.4. The molecule has 0 amide bonds. The van der Waals surface area contributed by atoms with Crippen LogP contribution in [0.2, 0.25) is 0 Å². The van der Waals surface area contributed by atoms with Crippen LogP contribution in [0.4, 0.5) is 0 Å². The van der Waals surface area contributed by atoms with Crippen LogP contribution >= 0.6 is 74.5 Å². The molecule has 1 saturated heterocycles. The van der Waals surface area contributed by atoms with Gasteiger partial charge < -0.3 is 9.47 Å². The quantitative estimate of drug-likeness (QED) is 0.350. The van der Waals surface area contributed by atoms with E-state index in [4.69, 9.17) is 14.7 Å². The monoisotopic (exact) mass is 844 g/mol. The van der Waals surface area contributed by atoms with Crippen molar-refractivity contribution in [1.82, 2.24) is 0 Å². The summed E-state index contributed by atoms with van der Waals surface area (Å²) in [5.74, 6) is 0.339. The van der Waals surface area contributed by atoms with E-state index in [1.807, 2.05) is 6.08 Å². The largest absolute Gasteiger partial charge is 0.381 e. The Morgan fingerprint density at radius 3 is 1.85 bits per heavy atom. The molecular weight excluding hydrogens is 829 g/mol. The number of nitrogens with zero attached hydrogens (tertiary/aromatic N) is 1. The molecule has 0 aliphatic carbocycles. The summed E-state index contributed by atoms with van der Waals surface area (Å²) in [5, 5.41) is 8.32. The summed E-state index contributed by atoms with van der Waals surface area (Å²) in [7, 11) is 0. The fourth-order valence-electron chi connectivity index (χ4n) is 1.23. The van der Waals surface area contributed by atoms with E-state index in [-0.39, 0.29) is 0 Å². The molecule has 9 heteroatoms. The minimum Gasteiger partial charge on any atom is -0.381 e. The Hall–Kier alpha value is 2.47. The molecule has 0 aromatic heterocycles. The van der Waals surface area contributed by atoms with Gasteiger partial charge in [-0.2, -0.15) is 5.26 Å². The Labute approximate surface area is 173 Å². The van der Waals surface area contributed by atoms with Gasteiger partial charge in [-0.15, -0.1) is 0 Å². The summed E-state index contributed by atoms with van der Waals surface area (Å²) >= 11 is 9.54. The van der Waals surface area contributed by atoms with Crippen LogP contribution in [0.25, 0.3) is 0 Å². The van der Waals surface area contributed by atoms with Crippen molar-refractivity contribution in [2.45, 2.75) is 19.3 Å². The van der Waals surface area contributed by atoms with Crippen LogP contribution in [-0.4, -0.2) is 32.2 Å². The second kappa shape index (κ2) is 21.5. The van der Waals surface area contributed by atoms with Gasteiger partial charge in [-0.05, 0) is 6.08 Å². The SMILES string of the molecule is II.I[I-]I.N#CC1=CCOCC1.O=C1CCOCC1. The predicted octanol–water partition coefficient (Wildman–Crippen LogP) is 1.77. The predicted molar refractivity (Wildman–Crippen MR) is 110 cm³/mol. The van der Waals surface area contributed by atoms with Gasteiger partial charge in [0.15, 0.2) is 0 Å². The van der Waals surface area contributed by atoms with Gasteiger partial charge in [0, 0.05) is 62.1 Å². The number of carbonyl (C=O) groups excluding carboxylic acids is 1. The summed E-state index contributed by atoms with van der Waals surface area (Å²) in [5.41, 5.74) is 0.858. The number of Topliss-reactive ketones (excluding diaryl/α,β-unsaturated/α-hetero) is 1. The molecule has 20 heavy (non-hydrogen) atoms. The number of carbonyl (C=O) groups is 1. The number of rotatable bonds is 0. The topological polar surface area (TPSA) is 59.3 Å². The normalized spacial score (nSPS) is 16.9. The molecule has 2 rings (SSSR count). The van der Waals surface area contributed by atoms with Crippen molar-refractivity contribution in [3.8, 4) is 6.07 Å². The van der Waals surface area contributed by atoms with Crippen molar-refractivity contribution in [3.63, 3.8) is 0 Å². The van der Waals surface area contributed by atoms with E-state index in [0.717, 1.165) is 12.0 Å². The minimum absolute atomic E-state index is 0.339. The van der Waals surface area contributed by atoms with Gasteiger partial charge in [0.2, 0.25) is 0 Å². The standard InChI is InChI=1S/C6H7NO.C5H8O2.I3.I2/c7-5-6-1-3-8-4-2-6;6-5-1-3-7-4-2-5;1-3-2;1-2/h1H,2-4H2;1-4H2;;/q;;-1;. The molecule has 2 aliphatic heterocycles. The van der Waals surface area contributed by atoms with Gasteiger partial charge in [-0.1, -0.05) is 0 Å². The summed E-state index contributed by atoms with van der Waals surface area (Å²) in [6.07, 6.45) is 3.86. The molecule has 0 bridgehead atoms. The number of ketones is 1. The zero-order valence-electron chi connectivity index (χ0n) is 10.6. The first kappa shape index (κ1) is 24.7. The fraction of sp³-hybridized carbons (Fsp3) is 0.636. The van der Waals surface area contributed by atoms with Crippen LogP contribution in [0, 0.1) is 11.3 Å². The molecule has 2 heterocycles. The van der Waals surface area contributed by atoms with E-state index in [1.54, 1.807) is 0 Å². The average Bonchev–Trinajstić information content (AvgIpc) is 2.52. The maximum atomic E-state index is 10.4. The first-order valence-corrected chi connectivity index (χ1v) is 24.4. The van der Waals surface area contributed by atoms with Gasteiger partial charge in [0.1, 0.15) is 5.78 Å². The maximum Gasteiger partial charge on any atom is 0.137 e. The maximum absolute atomic E-state index is 10.4. The number of nitriles is 1. The van der Waals surface area contributed by atoms with Crippen molar-refractivity contribution < 1.29 is 27.5 Å². The molecule has 0 aromatic rings.